The van der Waals surface area contributed by atoms with E-state index in [4.69, 9.17) is 22.1 Å². The molecule has 0 aliphatic carbocycles. The number of benzene rings is 2. The number of aryl methyl sites for hydroxylation is 1. The fourth-order valence-electron chi connectivity index (χ4n) is 3.42. The Labute approximate surface area is 181 Å². The SMILES string of the molecule is CCOC(=O)c1cn(-c2cc(N)c(F)cc2CO)c2c(Cl)c(NC)c(F)c(C)c2c1=O. The number of nitrogens with zero attached hydrogens (tertiary/aromatic N) is 1. The number of ether oxygens (including phenoxy) is 1. The number of aliphatic hydroxyl groups is 1. The van der Waals surface area contributed by atoms with Crippen molar-refractivity contribution >= 4 is 39.8 Å². The van der Waals surface area contributed by atoms with Gasteiger partial charge in [-0.2, -0.15) is 0 Å². The second-order valence-electron chi connectivity index (χ2n) is 6.72. The standard InChI is InChI=1S/C21H20ClF2N3O4/c1-4-31-21(30)11-7-27(14-6-13(25)12(23)5-10(14)8-28)19-15(20(11)29)9(2)17(24)18(26-3)16(19)22/h5-7,26,28H,4,8,25H2,1-3H3. The summed E-state index contributed by atoms with van der Waals surface area (Å²) in [6.07, 6.45) is 1.16. The van der Waals surface area contributed by atoms with Crippen molar-refractivity contribution in [3.63, 3.8) is 0 Å². The van der Waals surface area contributed by atoms with Crippen LogP contribution in [0.3, 0.4) is 0 Å². The highest BCUT2D eigenvalue weighted by Crippen LogP contribution is 2.37. The van der Waals surface area contributed by atoms with Gasteiger partial charge in [0.15, 0.2) is 5.82 Å². The van der Waals surface area contributed by atoms with Crippen LogP contribution in [0.1, 0.15) is 28.4 Å². The summed E-state index contributed by atoms with van der Waals surface area (Å²) in [7, 11) is 1.46. The first-order valence-corrected chi connectivity index (χ1v) is 9.66. The number of esters is 1. The van der Waals surface area contributed by atoms with Crippen LogP contribution in [0.4, 0.5) is 20.2 Å². The first-order valence-electron chi connectivity index (χ1n) is 9.28. The Morgan fingerprint density at radius 2 is 2.03 bits per heavy atom. The van der Waals surface area contributed by atoms with Gasteiger partial charge in [0, 0.05) is 24.4 Å². The first kappa shape index (κ1) is 22.5. The lowest BCUT2D eigenvalue weighted by atomic mass is 10.0. The third-order valence-electron chi connectivity index (χ3n) is 4.93. The zero-order valence-electron chi connectivity index (χ0n) is 17.0. The molecule has 7 nitrogen and oxygen atoms in total. The third-order valence-corrected chi connectivity index (χ3v) is 5.30. The maximum atomic E-state index is 14.9. The van der Waals surface area contributed by atoms with E-state index in [1.165, 1.54) is 24.6 Å². The molecule has 3 rings (SSSR count). The number of aromatic nitrogens is 1. The fraction of sp³-hybridized carbons (Fsp3) is 0.238. The number of nitrogens with two attached hydrogens (primary N) is 1. The number of hydrogen-bond donors (Lipinski definition) is 3. The maximum Gasteiger partial charge on any atom is 0.343 e. The molecule has 0 atom stereocenters. The smallest absolute Gasteiger partial charge is 0.343 e. The van der Waals surface area contributed by atoms with E-state index < -0.39 is 29.6 Å². The van der Waals surface area contributed by atoms with Crippen LogP contribution in [0.25, 0.3) is 16.6 Å². The van der Waals surface area contributed by atoms with E-state index in [0.29, 0.717) is 0 Å². The Morgan fingerprint density at radius 1 is 1.35 bits per heavy atom. The van der Waals surface area contributed by atoms with Crippen molar-refractivity contribution in [1.82, 2.24) is 4.57 Å². The molecule has 164 valence electrons. The molecule has 4 N–H and O–H groups in total. The van der Waals surface area contributed by atoms with Gasteiger partial charge in [-0.3, -0.25) is 4.79 Å². The fourth-order valence-corrected chi connectivity index (χ4v) is 3.79. The lowest BCUT2D eigenvalue weighted by Crippen LogP contribution is -2.22. The van der Waals surface area contributed by atoms with E-state index in [1.54, 1.807) is 6.92 Å². The van der Waals surface area contributed by atoms with Crippen molar-refractivity contribution in [3.05, 3.63) is 61.9 Å². The highest BCUT2D eigenvalue weighted by Gasteiger charge is 2.25. The van der Waals surface area contributed by atoms with Gasteiger partial charge in [-0.1, -0.05) is 11.6 Å². The normalized spacial score (nSPS) is 11.1. The molecule has 0 aliphatic heterocycles. The van der Waals surface area contributed by atoms with Crippen LogP contribution in [0.2, 0.25) is 5.02 Å². The number of pyridine rings is 1. The number of aliphatic hydroxyl groups excluding tert-OH is 1. The van der Waals surface area contributed by atoms with Gasteiger partial charge in [-0.25, -0.2) is 13.6 Å². The van der Waals surface area contributed by atoms with Gasteiger partial charge in [0.25, 0.3) is 0 Å². The number of nitrogens with one attached hydrogen (secondary N) is 1. The van der Waals surface area contributed by atoms with Gasteiger partial charge in [-0.05, 0) is 26.0 Å². The van der Waals surface area contributed by atoms with Crippen LogP contribution in [0, 0.1) is 18.6 Å². The average Bonchev–Trinajstić information content (AvgIpc) is 2.74. The largest absolute Gasteiger partial charge is 0.462 e. The molecule has 0 fully saturated rings. The number of nitrogen functional groups attached to an aromatic ring is 1. The maximum absolute atomic E-state index is 14.9. The topological polar surface area (TPSA) is 107 Å². The molecule has 3 aromatic rings. The van der Waals surface area contributed by atoms with Crippen molar-refractivity contribution < 1.29 is 23.4 Å². The summed E-state index contributed by atoms with van der Waals surface area (Å²) in [6.45, 7) is 2.38. The van der Waals surface area contributed by atoms with Crippen molar-refractivity contribution in [1.29, 1.82) is 0 Å². The molecule has 1 aromatic heterocycles. The number of carbonyl (C=O) groups is 1. The van der Waals surface area contributed by atoms with Crippen LogP contribution < -0.4 is 16.5 Å². The summed E-state index contributed by atoms with van der Waals surface area (Å²) >= 11 is 6.46. The predicted molar refractivity (Wildman–Crippen MR) is 115 cm³/mol. The van der Waals surface area contributed by atoms with E-state index in [0.717, 1.165) is 12.3 Å². The molecule has 0 unspecified atom stereocenters. The highest BCUT2D eigenvalue weighted by molar-refractivity contribution is 6.38. The quantitative estimate of drug-likeness (QED) is 0.405. The molecule has 0 aliphatic rings. The number of anilines is 2. The summed E-state index contributed by atoms with van der Waals surface area (Å²) in [4.78, 5) is 25.6. The summed E-state index contributed by atoms with van der Waals surface area (Å²) in [5.74, 6) is -2.43. The number of hydrogen-bond acceptors (Lipinski definition) is 6. The Balaban J connectivity index is 2.61. The first-order chi connectivity index (χ1) is 14.7. The molecule has 0 saturated heterocycles. The van der Waals surface area contributed by atoms with E-state index >= 15 is 0 Å². The molecule has 0 amide bonds. The van der Waals surface area contributed by atoms with E-state index in [2.05, 4.69) is 5.32 Å². The summed E-state index contributed by atoms with van der Waals surface area (Å²) in [5, 5.41) is 12.1. The van der Waals surface area contributed by atoms with Crippen LogP contribution in [-0.4, -0.2) is 29.3 Å². The lowest BCUT2D eigenvalue weighted by molar-refractivity contribution is 0.0524. The van der Waals surface area contributed by atoms with Gasteiger partial charge >= 0.3 is 5.97 Å². The molecule has 2 aromatic carbocycles. The van der Waals surface area contributed by atoms with E-state index in [9.17, 15) is 23.5 Å². The Kier molecular flexibility index (Phi) is 6.19. The minimum absolute atomic E-state index is 0.00842. The van der Waals surface area contributed by atoms with Crippen LogP contribution >= 0.6 is 11.6 Å². The van der Waals surface area contributed by atoms with Crippen LogP contribution in [0.5, 0.6) is 0 Å². The predicted octanol–water partition coefficient (Wildman–Crippen LogP) is 3.52. The van der Waals surface area contributed by atoms with E-state index in [-0.39, 0.29) is 56.3 Å². The second-order valence-corrected chi connectivity index (χ2v) is 7.10. The lowest BCUT2D eigenvalue weighted by Gasteiger charge is -2.20. The molecule has 10 heteroatoms. The molecule has 0 spiro atoms. The zero-order valence-corrected chi connectivity index (χ0v) is 17.7. The number of fused-ring (bicyclic) bond motifs is 1. The molecular weight excluding hydrogens is 432 g/mol. The molecule has 0 saturated carbocycles. The number of carbonyl (C=O) groups excluding carboxylic acids is 1. The molecule has 0 bridgehead atoms. The van der Waals surface area contributed by atoms with Crippen LogP contribution in [-0.2, 0) is 11.3 Å². The highest BCUT2D eigenvalue weighted by atomic mass is 35.5. The monoisotopic (exact) mass is 451 g/mol. The van der Waals surface area contributed by atoms with E-state index in [1.807, 2.05) is 0 Å². The van der Waals surface area contributed by atoms with Gasteiger partial charge in [0.1, 0.15) is 11.4 Å². The summed E-state index contributed by atoms with van der Waals surface area (Å²) in [5.41, 5.74) is 4.55. The van der Waals surface area contributed by atoms with Crippen molar-refractivity contribution in [2.45, 2.75) is 20.5 Å². The second kappa shape index (κ2) is 8.52. The number of halogens is 3. The zero-order chi connectivity index (χ0) is 23.0. The van der Waals surface area contributed by atoms with Gasteiger partial charge in [-0.15, -0.1) is 0 Å². The third kappa shape index (κ3) is 3.60. The summed E-state index contributed by atoms with van der Waals surface area (Å²) < 4.78 is 35.2. The van der Waals surface area contributed by atoms with Crippen molar-refractivity contribution in [2.24, 2.45) is 0 Å². The number of rotatable bonds is 5. The Hall–Kier alpha value is -3.17. The Bertz CT molecular complexity index is 1270. The van der Waals surface area contributed by atoms with Gasteiger partial charge in [0.05, 0.1) is 46.2 Å². The minimum Gasteiger partial charge on any atom is -0.462 e. The molecular formula is C21H20ClF2N3O4. The van der Waals surface area contributed by atoms with Crippen molar-refractivity contribution in [2.75, 3.05) is 24.7 Å². The molecule has 31 heavy (non-hydrogen) atoms. The molecule has 0 radical (unpaired) electrons. The Morgan fingerprint density at radius 3 is 2.61 bits per heavy atom. The average molecular weight is 452 g/mol. The van der Waals surface area contributed by atoms with Crippen molar-refractivity contribution in [3.8, 4) is 5.69 Å². The van der Waals surface area contributed by atoms with Gasteiger partial charge < -0.3 is 25.5 Å². The minimum atomic E-state index is -0.919. The van der Waals surface area contributed by atoms with Crippen LogP contribution in [0.15, 0.2) is 23.1 Å². The summed E-state index contributed by atoms with van der Waals surface area (Å²) in [6, 6.07) is 2.26. The van der Waals surface area contributed by atoms with Gasteiger partial charge in [0.2, 0.25) is 5.43 Å². The molecule has 1 heterocycles.